The highest BCUT2D eigenvalue weighted by Crippen LogP contribution is 2.53. The number of hydrogen-bond donors (Lipinski definition) is 4. The third-order valence-electron chi connectivity index (χ3n) is 9.22. The molecular weight excluding hydrogens is 588 g/mol. The summed E-state index contributed by atoms with van der Waals surface area (Å²) in [5, 5.41) is 20.5. The number of thiophene rings is 1. The number of anilines is 1. The number of ketones is 1. The fourth-order valence-corrected chi connectivity index (χ4v) is 8.17. The zero-order chi connectivity index (χ0) is 32.5. The highest BCUT2D eigenvalue weighted by molar-refractivity contribution is 7.16. The van der Waals surface area contributed by atoms with Crippen LogP contribution in [0.15, 0.2) is 28.4 Å². The predicted octanol–water partition coefficient (Wildman–Crippen LogP) is 3.85. The van der Waals surface area contributed by atoms with Gasteiger partial charge in [-0.05, 0) is 97.4 Å². The van der Waals surface area contributed by atoms with E-state index in [1.54, 1.807) is 26.0 Å². The zero-order valence-corrected chi connectivity index (χ0v) is 27.4. The first kappa shape index (κ1) is 32.6. The molecule has 1 fully saturated rings. The number of nitrogen functional groups attached to an aromatic ring is 1. The highest BCUT2D eigenvalue weighted by atomic mass is 32.1. The molecule has 0 amide bonds. The van der Waals surface area contributed by atoms with Crippen LogP contribution in [0.1, 0.15) is 98.0 Å². The average molecular weight is 633 g/mol. The van der Waals surface area contributed by atoms with Crippen LogP contribution in [0.25, 0.3) is 5.70 Å². The fourth-order valence-electron chi connectivity index (χ4n) is 7.01. The lowest BCUT2D eigenvalue weighted by Gasteiger charge is -2.42. The van der Waals surface area contributed by atoms with Crippen molar-refractivity contribution < 1.29 is 14.6 Å². The van der Waals surface area contributed by atoms with Crippen molar-refractivity contribution >= 4 is 34.0 Å². The van der Waals surface area contributed by atoms with E-state index in [9.17, 15) is 15.2 Å². The van der Waals surface area contributed by atoms with Gasteiger partial charge in [0, 0.05) is 39.9 Å². The number of aromatic nitrogens is 2. The minimum absolute atomic E-state index is 0.0457. The lowest BCUT2D eigenvalue weighted by atomic mass is 9.62. The number of rotatable bonds is 9. The number of likely N-dealkylation sites (tertiary alicyclic amines) is 1. The maximum Gasteiger partial charge on any atom is 0.228 e. The summed E-state index contributed by atoms with van der Waals surface area (Å²) in [7, 11) is 2.08. The molecule has 3 atom stereocenters. The van der Waals surface area contributed by atoms with Crippen molar-refractivity contribution in [2.24, 2.45) is 16.5 Å². The maximum absolute atomic E-state index is 14.3. The first-order chi connectivity index (χ1) is 21.3. The number of Topliss-reactive ketones (excluding diaryl/α,β-unsaturated/α-hetero) is 1. The van der Waals surface area contributed by atoms with E-state index in [0.29, 0.717) is 33.9 Å². The highest BCUT2D eigenvalue weighted by Gasteiger charge is 2.46. The van der Waals surface area contributed by atoms with Crippen LogP contribution in [0.2, 0.25) is 0 Å². The number of nitriles is 1. The molecule has 2 aromatic heterocycles. The molecule has 3 heterocycles. The molecule has 12 heteroatoms. The van der Waals surface area contributed by atoms with E-state index in [2.05, 4.69) is 33.0 Å². The molecule has 0 bridgehead atoms. The fraction of sp³-hybridized carbons (Fsp3) is 0.545. The van der Waals surface area contributed by atoms with Gasteiger partial charge in [0.25, 0.3) is 0 Å². The Morgan fingerprint density at radius 3 is 2.71 bits per heavy atom. The summed E-state index contributed by atoms with van der Waals surface area (Å²) in [6, 6.07) is 4.16. The van der Waals surface area contributed by atoms with Gasteiger partial charge in [-0.2, -0.15) is 10.2 Å². The number of aryl methyl sites for hydroxylation is 1. The van der Waals surface area contributed by atoms with E-state index in [1.165, 1.54) is 17.6 Å². The molecule has 1 aliphatic heterocycles. The summed E-state index contributed by atoms with van der Waals surface area (Å²) >= 11 is 1.45. The van der Waals surface area contributed by atoms with Crippen molar-refractivity contribution in [2.45, 2.75) is 95.3 Å². The van der Waals surface area contributed by atoms with Crippen molar-refractivity contribution in [1.29, 1.82) is 5.26 Å². The Kier molecular flexibility index (Phi) is 9.35. The molecule has 45 heavy (non-hydrogen) atoms. The summed E-state index contributed by atoms with van der Waals surface area (Å²) in [4.78, 5) is 31.0. The molecule has 0 radical (unpaired) electrons. The molecule has 11 nitrogen and oxygen atoms in total. The topological polar surface area (TPSA) is 190 Å². The number of nitrogens with zero attached hydrogens (tertiary/aromatic N) is 5. The van der Waals surface area contributed by atoms with Gasteiger partial charge in [0.05, 0.1) is 29.1 Å². The number of fused-ring (bicyclic) bond motifs is 2. The molecule has 0 saturated carbocycles. The summed E-state index contributed by atoms with van der Waals surface area (Å²) in [5.41, 5.74) is 21.0. The summed E-state index contributed by atoms with van der Waals surface area (Å²) in [6.45, 7) is 6.54. The Labute approximate surface area is 268 Å². The van der Waals surface area contributed by atoms with Crippen LogP contribution in [0, 0.1) is 11.3 Å². The van der Waals surface area contributed by atoms with Crippen LogP contribution in [-0.2, 0) is 11.8 Å². The van der Waals surface area contributed by atoms with Gasteiger partial charge in [-0.25, -0.2) is 4.98 Å². The van der Waals surface area contributed by atoms with Gasteiger partial charge in [-0.3, -0.25) is 14.7 Å². The molecular formula is C33H44N8O3S. The van der Waals surface area contributed by atoms with Gasteiger partial charge in [-0.1, -0.05) is 0 Å². The van der Waals surface area contributed by atoms with Gasteiger partial charge >= 0.3 is 0 Å². The Balaban J connectivity index is 1.54. The predicted molar refractivity (Wildman–Crippen MR) is 177 cm³/mol. The second kappa shape index (κ2) is 12.9. The smallest absolute Gasteiger partial charge is 0.228 e. The molecule has 3 aliphatic rings. The van der Waals surface area contributed by atoms with Crippen molar-refractivity contribution in [2.75, 3.05) is 25.9 Å². The van der Waals surface area contributed by atoms with Crippen LogP contribution >= 0.6 is 11.3 Å². The zero-order valence-electron chi connectivity index (χ0n) is 26.6. The number of allylic oxidation sites excluding steroid dienone is 3. The molecule has 5 rings (SSSR count). The third kappa shape index (κ3) is 6.61. The monoisotopic (exact) mass is 632 g/mol. The quantitative estimate of drug-likeness (QED) is 0.233. The van der Waals surface area contributed by atoms with E-state index in [1.807, 2.05) is 6.92 Å². The Morgan fingerprint density at radius 1 is 1.31 bits per heavy atom. The average Bonchev–Trinajstić information content (AvgIpc) is 3.58. The van der Waals surface area contributed by atoms with Crippen LogP contribution < -0.4 is 21.9 Å². The normalized spacial score (nSPS) is 23.4. The maximum atomic E-state index is 14.3. The largest absolute Gasteiger partial charge is 0.473 e. The summed E-state index contributed by atoms with van der Waals surface area (Å²) in [6.07, 6.45) is 9.45. The van der Waals surface area contributed by atoms with E-state index >= 15 is 0 Å². The SMILES string of the molecule is C[C@H](Oc1cc(/C(N)=C/C=NCC(C)(C)O)nc(C(=O)C2=C(N)[C@@]3(CCC2)CCCc2sc(N)c(C#N)c23)n1)[C@@H]1CCCN1C. The number of carbonyl (C=O) groups is 1. The van der Waals surface area contributed by atoms with Gasteiger partial charge in [-0.15, -0.1) is 11.3 Å². The number of aliphatic hydroxyl groups is 1. The van der Waals surface area contributed by atoms with Crippen LogP contribution in [0.4, 0.5) is 5.00 Å². The molecule has 0 aromatic carbocycles. The Bertz CT molecular complexity index is 1600. The van der Waals surface area contributed by atoms with Crippen LogP contribution in [0.5, 0.6) is 5.88 Å². The van der Waals surface area contributed by atoms with Gasteiger partial charge < -0.3 is 27.0 Å². The second-order valence-electron chi connectivity index (χ2n) is 13.1. The number of nitrogens with two attached hydrogens (primary N) is 3. The lowest BCUT2D eigenvalue weighted by molar-refractivity contribution is 0.0905. The van der Waals surface area contributed by atoms with E-state index in [0.717, 1.165) is 61.9 Å². The number of likely N-dealkylation sites (N-methyl/N-ethyl adjacent to an activating group) is 1. The Morgan fingerprint density at radius 2 is 2.04 bits per heavy atom. The van der Waals surface area contributed by atoms with Gasteiger partial charge in [0.2, 0.25) is 17.5 Å². The second-order valence-corrected chi connectivity index (χ2v) is 14.3. The molecule has 0 unspecified atom stereocenters. The third-order valence-corrected chi connectivity index (χ3v) is 10.3. The first-order valence-corrected chi connectivity index (χ1v) is 16.5. The lowest BCUT2D eigenvalue weighted by Crippen LogP contribution is -2.41. The van der Waals surface area contributed by atoms with Crippen LogP contribution in [-0.4, -0.2) is 69.9 Å². The van der Waals surface area contributed by atoms with E-state index < -0.39 is 11.0 Å². The molecule has 2 aliphatic carbocycles. The first-order valence-electron chi connectivity index (χ1n) is 15.6. The summed E-state index contributed by atoms with van der Waals surface area (Å²) < 4.78 is 6.33. The summed E-state index contributed by atoms with van der Waals surface area (Å²) in [5.74, 6) is -0.167. The standard InChI is InChI=1S/C33H44N8O3S/c1-19(24-9-7-15-41(24)4)44-26-16-23(22(35)11-14-38-18-32(2,3)43)39-31(40-26)28(42)20-8-5-12-33(29(20)36)13-6-10-25-27(33)21(17-34)30(37)45-25/h11,14,16,19,24,43H,5-10,12-13,15,18,35-37H2,1-4H3/b22-11-,38-14?/t19-,24-,33-/m0/s1. The minimum Gasteiger partial charge on any atom is -0.473 e. The van der Waals surface area contributed by atoms with E-state index in [-0.39, 0.29) is 41.9 Å². The van der Waals surface area contributed by atoms with Gasteiger partial charge in [0.1, 0.15) is 17.2 Å². The van der Waals surface area contributed by atoms with Gasteiger partial charge in [0.15, 0.2) is 0 Å². The Hall–Kier alpha value is -3.79. The van der Waals surface area contributed by atoms with Crippen molar-refractivity contribution in [3.05, 3.63) is 50.9 Å². The molecule has 240 valence electrons. The number of aliphatic imine (C=N–C) groups is 1. The van der Waals surface area contributed by atoms with Crippen LogP contribution in [0.3, 0.4) is 0 Å². The number of carbonyl (C=O) groups excluding carboxylic acids is 1. The molecule has 1 saturated heterocycles. The molecule has 2 aromatic rings. The van der Waals surface area contributed by atoms with E-state index in [4.69, 9.17) is 21.9 Å². The number of hydrogen-bond acceptors (Lipinski definition) is 12. The molecule has 7 N–H and O–H groups in total. The minimum atomic E-state index is -0.953. The number of ether oxygens (including phenoxy) is 1. The molecule has 1 spiro atoms. The van der Waals surface area contributed by atoms with Crippen molar-refractivity contribution in [3.63, 3.8) is 0 Å². The van der Waals surface area contributed by atoms with Crippen molar-refractivity contribution in [1.82, 2.24) is 14.9 Å². The van der Waals surface area contributed by atoms with Crippen molar-refractivity contribution in [3.8, 4) is 11.9 Å².